The number of hydrogen-bond donors (Lipinski definition) is 3. The van der Waals surface area contributed by atoms with Gasteiger partial charge in [0.1, 0.15) is 18.1 Å². The molecule has 5 rings (SSSR count). The zero-order valence-electron chi connectivity index (χ0n) is 23.5. The summed E-state index contributed by atoms with van der Waals surface area (Å²) < 4.78 is 6.05. The predicted octanol–water partition coefficient (Wildman–Crippen LogP) is 5.90. The zero-order valence-corrected chi connectivity index (χ0v) is 23.5. The minimum atomic E-state index is -0.352. The number of pyridine rings is 1. The van der Waals surface area contributed by atoms with Crippen molar-refractivity contribution in [2.45, 2.75) is 57.6 Å². The number of anilines is 1. The molecule has 7 nitrogen and oxygen atoms in total. The molecule has 0 spiro atoms. The maximum atomic E-state index is 13.0. The third-order valence-corrected chi connectivity index (χ3v) is 8.24. The summed E-state index contributed by atoms with van der Waals surface area (Å²) in [6.45, 7) is 3.58. The van der Waals surface area contributed by atoms with Gasteiger partial charge in [-0.15, -0.1) is 0 Å². The summed E-state index contributed by atoms with van der Waals surface area (Å²) in [5, 5.41) is 14.7. The molecule has 3 aromatic rings. The Hall–Kier alpha value is -3.71. The van der Waals surface area contributed by atoms with Gasteiger partial charge in [-0.1, -0.05) is 73.9 Å². The van der Waals surface area contributed by atoms with Crippen molar-refractivity contribution in [1.82, 2.24) is 15.2 Å². The van der Waals surface area contributed by atoms with E-state index in [0.717, 1.165) is 48.5 Å². The van der Waals surface area contributed by atoms with Gasteiger partial charge < -0.3 is 20.3 Å². The Bertz CT molecular complexity index is 1280. The molecule has 0 atom stereocenters. The highest BCUT2D eigenvalue weighted by atomic mass is 16.5. The first-order chi connectivity index (χ1) is 19.6. The quantitative estimate of drug-likeness (QED) is 0.279. The molecule has 7 heteroatoms. The van der Waals surface area contributed by atoms with Crippen LogP contribution in [0.4, 0.5) is 5.82 Å². The number of likely N-dealkylation sites (tertiary alicyclic amines) is 1. The number of carbonyl (C=O) groups is 1. The van der Waals surface area contributed by atoms with Crippen molar-refractivity contribution in [3.63, 3.8) is 0 Å². The van der Waals surface area contributed by atoms with Crippen LogP contribution in [0.2, 0.25) is 0 Å². The fourth-order valence-electron chi connectivity index (χ4n) is 5.99. The van der Waals surface area contributed by atoms with E-state index >= 15 is 0 Å². The normalized spacial score (nSPS) is 16.8. The number of hydrogen-bond acceptors (Lipinski definition) is 6. The first-order valence-corrected chi connectivity index (χ1v) is 14.7. The monoisotopic (exact) mass is 539 g/mol. The number of nitrogens with one attached hydrogen (secondary N) is 3. The number of ether oxygens (including phenoxy) is 1. The van der Waals surface area contributed by atoms with Crippen LogP contribution in [0.3, 0.4) is 0 Å². The number of rotatable bonds is 10. The van der Waals surface area contributed by atoms with E-state index in [4.69, 9.17) is 10.1 Å². The summed E-state index contributed by atoms with van der Waals surface area (Å²) in [6, 6.07) is 22.0. The molecule has 1 aliphatic heterocycles. The number of benzene rings is 2. The van der Waals surface area contributed by atoms with Gasteiger partial charge in [-0.05, 0) is 54.4 Å². The molecule has 0 radical (unpaired) electrons. The van der Waals surface area contributed by atoms with Crippen molar-refractivity contribution >= 4 is 17.4 Å². The summed E-state index contributed by atoms with van der Waals surface area (Å²) in [5.74, 6) is 1.38. The van der Waals surface area contributed by atoms with E-state index in [2.05, 4.69) is 44.8 Å². The van der Waals surface area contributed by atoms with E-state index < -0.39 is 0 Å². The van der Waals surface area contributed by atoms with Crippen LogP contribution in [0.1, 0.15) is 56.1 Å². The fourth-order valence-corrected chi connectivity index (χ4v) is 5.99. The molecule has 2 fully saturated rings. The van der Waals surface area contributed by atoms with Crippen LogP contribution in [-0.2, 0) is 11.4 Å². The van der Waals surface area contributed by atoms with Gasteiger partial charge >= 0.3 is 0 Å². The fraction of sp³-hybridized carbons (Fsp3) is 0.424. The van der Waals surface area contributed by atoms with Crippen LogP contribution in [0.15, 0.2) is 66.7 Å². The van der Waals surface area contributed by atoms with E-state index in [0.29, 0.717) is 23.9 Å². The second-order valence-electron chi connectivity index (χ2n) is 11.0. The molecule has 1 aromatic heterocycles. The lowest BCUT2D eigenvalue weighted by molar-refractivity contribution is -0.115. The van der Waals surface area contributed by atoms with Crippen LogP contribution >= 0.6 is 0 Å². The Labute approximate surface area is 237 Å². The Balaban J connectivity index is 1.16. The summed E-state index contributed by atoms with van der Waals surface area (Å²) in [4.78, 5) is 20.1. The minimum Gasteiger partial charge on any atom is -0.473 e. The summed E-state index contributed by atoms with van der Waals surface area (Å²) in [5.41, 5.74) is 3.69. The van der Waals surface area contributed by atoms with Gasteiger partial charge in [0.15, 0.2) is 0 Å². The average Bonchev–Trinajstić information content (AvgIpc) is 3.01. The second kappa shape index (κ2) is 13.6. The standard InChI is InChI=1S/C33H41N5O2/c1-35-32-29(31(34)33(39)36-27-18-20-38(21-19-27)22-24-10-4-2-5-11-24)16-17-30(37-32)40-23-26-14-8-9-15-28(26)25-12-6-3-7-13-25/h3,6-9,12-17,24,27,34H,2,4-5,10-11,18-23H2,1H3,(H,35,37)(H,36,39). The van der Waals surface area contributed by atoms with Gasteiger partial charge in [-0.2, -0.15) is 4.98 Å². The van der Waals surface area contributed by atoms with Gasteiger partial charge in [-0.3, -0.25) is 10.2 Å². The lowest BCUT2D eigenvalue weighted by atomic mass is 9.88. The molecule has 3 N–H and O–H groups in total. The predicted molar refractivity (Wildman–Crippen MR) is 161 cm³/mol. The Morgan fingerprint density at radius 3 is 2.42 bits per heavy atom. The van der Waals surface area contributed by atoms with Gasteiger partial charge in [-0.25, -0.2) is 0 Å². The third-order valence-electron chi connectivity index (χ3n) is 8.24. The van der Waals surface area contributed by atoms with E-state index in [1.165, 1.54) is 38.6 Å². The average molecular weight is 540 g/mol. The number of amides is 1. The molecule has 210 valence electrons. The summed E-state index contributed by atoms with van der Waals surface area (Å²) in [6.07, 6.45) is 8.72. The van der Waals surface area contributed by atoms with E-state index in [1.807, 2.05) is 30.3 Å². The Kier molecular flexibility index (Phi) is 9.45. The first-order valence-electron chi connectivity index (χ1n) is 14.7. The van der Waals surface area contributed by atoms with Crippen molar-refractivity contribution in [2.75, 3.05) is 32.0 Å². The molecule has 2 heterocycles. The highest BCUT2D eigenvalue weighted by Crippen LogP contribution is 2.27. The molecule has 1 aliphatic carbocycles. The lowest BCUT2D eigenvalue weighted by Gasteiger charge is -2.35. The molecule has 1 saturated heterocycles. The molecule has 1 saturated carbocycles. The van der Waals surface area contributed by atoms with Crippen LogP contribution < -0.4 is 15.4 Å². The van der Waals surface area contributed by atoms with Crippen LogP contribution in [0, 0.1) is 11.3 Å². The first kappa shape index (κ1) is 27.8. The van der Waals surface area contributed by atoms with E-state index in [1.54, 1.807) is 19.2 Å². The third kappa shape index (κ3) is 7.07. The van der Waals surface area contributed by atoms with Gasteiger partial charge in [0, 0.05) is 44.4 Å². The van der Waals surface area contributed by atoms with Crippen molar-refractivity contribution in [1.29, 1.82) is 5.41 Å². The second-order valence-corrected chi connectivity index (χ2v) is 11.0. The van der Waals surface area contributed by atoms with E-state index in [9.17, 15) is 4.79 Å². The molecule has 0 unspecified atom stereocenters. The number of carbonyl (C=O) groups excluding carboxylic acids is 1. The van der Waals surface area contributed by atoms with E-state index in [-0.39, 0.29) is 17.7 Å². The SMILES string of the molecule is CNc1nc(OCc2ccccc2-c2ccccc2)ccc1C(=N)C(=O)NC1CCN(CC2CCCCC2)CC1. The lowest BCUT2D eigenvalue weighted by Crippen LogP contribution is -2.47. The van der Waals surface area contributed by atoms with Crippen LogP contribution in [0.25, 0.3) is 11.1 Å². The van der Waals surface area contributed by atoms with Crippen molar-refractivity contribution in [2.24, 2.45) is 5.92 Å². The number of piperidine rings is 1. The van der Waals surface area contributed by atoms with Crippen LogP contribution in [0.5, 0.6) is 5.88 Å². The van der Waals surface area contributed by atoms with Gasteiger partial charge in [0.05, 0.1) is 0 Å². The number of nitrogens with zero attached hydrogens (tertiary/aromatic N) is 2. The van der Waals surface area contributed by atoms with Crippen molar-refractivity contribution in [3.05, 3.63) is 77.9 Å². The van der Waals surface area contributed by atoms with Gasteiger partial charge in [0.25, 0.3) is 5.91 Å². The van der Waals surface area contributed by atoms with Gasteiger partial charge in [0.2, 0.25) is 5.88 Å². The van der Waals surface area contributed by atoms with Crippen molar-refractivity contribution in [3.8, 4) is 17.0 Å². The highest BCUT2D eigenvalue weighted by molar-refractivity contribution is 6.45. The largest absolute Gasteiger partial charge is 0.473 e. The molecule has 1 amide bonds. The maximum Gasteiger partial charge on any atom is 0.270 e. The molecule has 2 aliphatic rings. The summed E-state index contributed by atoms with van der Waals surface area (Å²) >= 11 is 0. The number of aromatic nitrogens is 1. The van der Waals surface area contributed by atoms with Crippen molar-refractivity contribution < 1.29 is 9.53 Å². The molecule has 2 aromatic carbocycles. The topological polar surface area (TPSA) is 90.3 Å². The zero-order chi connectivity index (χ0) is 27.7. The molecular formula is C33H41N5O2. The smallest absolute Gasteiger partial charge is 0.270 e. The van der Waals surface area contributed by atoms with Crippen LogP contribution in [-0.4, -0.2) is 54.2 Å². The Morgan fingerprint density at radius 2 is 1.68 bits per heavy atom. The highest BCUT2D eigenvalue weighted by Gasteiger charge is 2.26. The minimum absolute atomic E-state index is 0.0811. The molecular weight excluding hydrogens is 498 g/mol. The molecule has 0 bridgehead atoms. The molecule has 40 heavy (non-hydrogen) atoms. The summed E-state index contributed by atoms with van der Waals surface area (Å²) in [7, 11) is 1.74. The maximum absolute atomic E-state index is 13.0. The Morgan fingerprint density at radius 1 is 0.950 bits per heavy atom.